The van der Waals surface area contributed by atoms with E-state index in [0.717, 1.165) is 38.5 Å². The molecule has 6 nitrogen and oxygen atoms in total. The van der Waals surface area contributed by atoms with Crippen molar-refractivity contribution in [1.29, 1.82) is 0 Å². The molecule has 25 heavy (non-hydrogen) atoms. The van der Waals surface area contributed by atoms with Crippen molar-refractivity contribution in [3.63, 3.8) is 0 Å². The van der Waals surface area contributed by atoms with Crippen LogP contribution in [0.5, 0.6) is 0 Å². The van der Waals surface area contributed by atoms with Crippen molar-refractivity contribution < 1.29 is 0 Å². The second-order valence-corrected chi connectivity index (χ2v) is 6.50. The van der Waals surface area contributed by atoms with Gasteiger partial charge in [-0.15, -0.1) is 0 Å². The minimum absolute atomic E-state index is 0.854. The summed E-state index contributed by atoms with van der Waals surface area (Å²) >= 11 is 0. The maximum absolute atomic E-state index is 4.67. The number of hydrogen-bond donors (Lipinski definition) is 0. The molecule has 0 spiro atoms. The molecule has 6 heteroatoms. The molecule has 128 valence electrons. The second kappa shape index (κ2) is 7.03. The van der Waals surface area contributed by atoms with Crippen LogP contribution in [0, 0.1) is 0 Å². The lowest BCUT2D eigenvalue weighted by Gasteiger charge is -2.23. The van der Waals surface area contributed by atoms with Crippen LogP contribution >= 0.6 is 0 Å². The summed E-state index contributed by atoms with van der Waals surface area (Å²) in [6, 6.07) is 8.35. The summed E-state index contributed by atoms with van der Waals surface area (Å²) < 4.78 is 1.86. The van der Waals surface area contributed by atoms with Crippen LogP contribution in [0.4, 0.5) is 5.82 Å². The molecule has 4 heterocycles. The Labute approximate surface area is 147 Å². The summed E-state index contributed by atoms with van der Waals surface area (Å²) in [5.74, 6) is 1.09. The average Bonchev–Trinajstić information content (AvgIpc) is 2.96. The molecule has 0 aromatic carbocycles. The molecule has 0 radical (unpaired) electrons. The third-order valence-corrected chi connectivity index (χ3v) is 4.53. The van der Waals surface area contributed by atoms with Crippen LogP contribution in [-0.2, 0) is 26.7 Å². The van der Waals surface area contributed by atoms with Crippen molar-refractivity contribution in [3.05, 3.63) is 71.9 Å². The molecule has 3 aromatic rings. The number of fused-ring (bicyclic) bond motifs is 1. The summed E-state index contributed by atoms with van der Waals surface area (Å²) in [5.41, 5.74) is 3.78. The van der Waals surface area contributed by atoms with Gasteiger partial charge in [-0.05, 0) is 23.8 Å². The topological polar surface area (TPSA) is 50.1 Å². The molecule has 1 aliphatic rings. The number of anilines is 1. The molecule has 0 saturated heterocycles. The number of aromatic nitrogens is 4. The van der Waals surface area contributed by atoms with E-state index >= 15 is 0 Å². The highest BCUT2D eigenvalue weighted by Gasteiger charge is 2.21. The highest BCUT2D eigenvalue weighted by molar-refractivity contribution is 5.48. The lowest BCUT2D eigenvalue weighted by molar-refractivity contribution is 0.268. The lowest BCUT2D eigenvalue weighted by atomic mass is 10.2. The van der Waals surface area contributed by atoms with E-state index in [2.05, 4.69) is 49.3 Å². The largest absolute Gasteiger partial charge is 0.351 e. The fraction of sp³-hybridized carbons (Fsp3) is 0.316. The van der Waals surface area contributed by atoms with E-state index in [1.54, 1.807) is 0 Å². The molecule has 0 atom stereocenters. The summed E-state index contributed by atoms with van der Waals surface area (Å²) in [6.45, 7) is 4.62. The third kappa shape index (κ3) is 3.69. The average molecular weight is 334 g/mol. The molecule has 0 amide bonds. The van der Waals surface area contributed by atoms with E-state index < -0.39 is 0 Å². The van der Waals surface area contributed by atoms with Crippen LogP contribution < -0.4 is 4.90 Å². The molecule has 0 aliphatic carbocycles. The van der Waals surface area contributed by atoms with Crippen molar-refractivity contribution in [2.75, 3.05) is 18.0 Å². The van der Waals surface area contributed by atoms with Gasteiger partial charge in [0.15, 0.2) is 0 Å². The predicted octanol–water partition coefficient (Wildman–Crippen LogP) is 2.23. The summed E-state index contributed by atoms with van der Waals surface area (Å²) in [7, 11) is 1.96. The van der Waals surface area contributed by atoms with Gasteiger partial charge in [0.1, 0.15) is 5.82 Å². The Bertz CT molecular complexity index is 829. The zero-order valence-corrected chi connectivity index (χ0v) is 14.4. The normalized spacial score (nSPS) is 15.0. The Balaban J connectivity index is 1.55. The first-order chi connectivity index (χ1) is 12.3. The Morgan fingerprint density at radius 1 is 1.00 bits per heavy atom. The van der Waals surface area contributed by atoms with E-state index in [9.17, 15) is 0 Å². The Hall–Kier alpha value is -2.73. The van der Waals surface area contributed by atoms with Crippen LogP contribution in [0.3, 0.4) is 0 Å². The van der Waals surface area contributed by atoms with E-state index in [4.69, 9.17) is 0 Å². The molecule has 0 fully saturated rings. The highest BCUT2D eigenvalue weighted by atomic mass is 15.3. The monoisotopic (exact) mass is 334 g/mol. The Morgan fingerprint density at radius 3 is 2.68 bits per heavy atom. The van der Waals surface area contributed by atoms with Crippen molar-refractivity contribution in [2.24, 2.45) is 7.05 Å². The second-order valence-electron chi connectivity index (χ2n) is 6.50. The van der Waals surface area contributed by atoms with Gasteiger partial charge in [-0.25, -0.2) is 4.98 Å². The fourth-order valence-corrected chi connectivity index (χ4v) is 3.34. The first kappa shape index (κ1) is 15.8. The molecule has 0 saturated carbocycles. The van der Waals surface area contributed by atoms with E-state index in [1.165, 1.54) is 16.7 Å². The number of rotatable bonds is 4. The van der Waals surface area contributed by atoms with Gasteiger partial charge in [-0.3, -0.25) is 14.6 Å². The van der Waals surface area contributed by atoms with Crippen molar-refractivity contribution >= 4 is 5.82 Å². The molecule has 3 aromatic heterocycles. The third-order valence-electron chi connectivity index (χ3n) is 4.53. The molecular weight excluding hydrogens is 312 g/mol. The molecular formula is C19H22N6. The number of aryl methyl sites for hydroxylation is 1. The van der Waals surface area contributed by atoms with E-state index in [-0.39, 0.29) is 0 Å². The van der Waals surface area contributed by atoms with Crippen LogP contribution in [-0.4, -0.2) is 37.7 Å². The smallest absolute Gasteiger partial charge is 0.133 e. The first-order valence-electron chi connectivity index (χ1n) is 8.55. The van der Waals surface area contributed by atoms with Gasteiger partial charge in [-0.2, -0.15) is 5.10 Å². The van der Waals surface area contributed by atoms with Gasteiger partial charge in [-0.1, -0.05) is 6.07 Å². The Kier molecular flexibility index (Phi) is 4.43. The summed E-state index contributed by atoms with van der Waals surface area (Å²) in [6.07, 6.45) is 9.62. The van der Waals surface area contributed by atoms with Crippen molar-refractivity contribution in [1.82, 2.24) is 24.6 Å². The fourth-order valence-electron chi connectivity index (χ4n) is 3.34. The van der Waals surface area contributed by atoms with Gasteiger partial charge in [0.25, 0.3) is 0 Å². The number of nitrogens with zero attached hydrogens (tertiary/aromatic N) is 6. The van der Waals surface area contributed by atoms with Crippen LogP contribution in [0.15, 0.2) is 55.2 Å². The Morgan fingerprint density at radius 2 is 1.88 bits per heavy atom. The zero-order chi connectivity index (χ0) is 17.1. The zero-order valence-electron chi connectivity index (χ0n) is 14.4. The number of hydrogen-bond acceptors (Lipinski definition) is 5. The van der Waals surface area contributed by atoms with E-state index in [0.29, 0.717) is 0 Å². The molecule has 1 aliphatic heterocycles. The SMILES string of the molecule is Cn1cc(CN2CCN(Cc3ccncc3)c3ncccc3C2)cn1. The first-order valence-corrected chi connectivity index (χ1v) is 8.55. The minimum atomic E-state index is 0.854. The van der Waals surface area contributed by atoms with Crippen LogP contribution in [0.1, 0.15) is 16.7 Å². The summed E-state index contributed by atoms with van der Waals surface area (Å²) in [4.78, 5) is 13.6. The van der Waals surface area contributed by atoms with Crippen LogP contribution in [0.2, 0.25) is 0 Å². The number of pyridine rings is 2. The van der Waals surface area contributed by atoms with Gasteiger partial charge in [0.05, 0.1) is 6.20 Å². The van der Waals surface area contributed by atoms with Gasteiger partial charge in [0, 0.05) is 75.7 Å². The van der Waals surface area contributed by atoms with Gasteiger partial charge < -0.3 is 4.90 Å². The van der Waals surface area contributed by atoms with Crippen molar-refractivity contribution in [2.45, 2.75) is 19.6 Å². The maximum atomic E-state index is 4.67. The molecule has 0 bridgehead atoms. The predicted molar refractivity (Wildman–Crippen MR) is 96.8 cm³/mol. The standard InChI is InChI=1S/C19H22N6/c1-23-12-17(11-22-23)13-24-9-10-25(14-16-4-7-20-8-5-16)19-18(15-24)3-2-6-21-19/h2-8,11-12H,9-10,13-15H2,1H3. The molecule has 0 N–H and O–H groups in total. The highest BCUT2D eigenvalue weighted by Crippen LogP contribution is 2.24. The van der Waals surface area contributed by atoms with Crippen LogP contribution in [0.25, 0.3) is 0 Å². The van der Waals surface area contributed by atoms with Crippen molar-refractivity contribution in [3.8, 4) is 0 Å². The van der Waals surface area contributed by atoms with Gasteiger partial charge >= 0.3 is 0 Å². The summed E-state index contributed by atoms with van der Waals surface area (Å²) in [5, 5.41) is 4.28. The lowest BCUT2D eigenvalue weighted by Crippen LogP contribution is -2.31. The maximum Gasteiger partial charge on any atom is 0.133 e. The minimum Gasteiger partial charge on any atom is -0.351 e. The molecule has 4 rings (SSSR count). The molecule has 0 unspecified atom stereocenters. The quantitative estimate of drug-likeness (QED) is 0.732. The van der Waals surface area contributed by atoms with Gasteiger partial charge in [0.2, 0.25) is 0 Å². The van der Waals surface area contributed by atoms with E-state index in [1.807, 2.05) is 42.6 Å².